The van der Waals surface area contributed by atoms with Crippen LogP contribution < -0.4 is 0 Å². The van der Waals surface area contributed by atoms with Gasteiger partial charge in [0.25, 0.3) is 0 Å². The Bertz CT molecular complexity index is 803. The summed E-state index contributed by atoms with van der Waals surface area (Å²) in [5.74, 6) is 0. The van der Waals surface area contributed by atoms with Crippen molar-refractivity contribution in [2.75, 3.05) is 26.2 Å². The number of likely N-dealkylation sites (tertiary alicyclic amines) is 1. The Hall–Kier alpha value is -1.76. The van der Waals surface area contributed by atoms with Gasteiger partial charge in [-0.05, 0) is 30.7 Å². The molecule has 0 radical (unpaired) electrons. The SMILES string of the molecule is O=S(=O)(c1ccccc1)N1CCC2(CN(Cc3ccccn3)C2)C1. The third kappa shape index (κ3) is 2.85. The van der Waals surface area contributed by atoms with Crippen molar-refractivity contribution in [1.29, 1.82) is 0 Å². The number of hydrogen-bond donors (Lipinski definition) is 0. The molecule has 0 unspecified atom stereocenters. The highest BCUT2D eigenvalue weighted by Crippen LogP contribution is 2.41. The van der Waals surface area contributed by atoms with Crippen LogP contribution in [0, 0.1) is 5.41 Å². The lowest BCUT2D eigenvalue weighted by Gasteiger charge is -2.48. The summed E-state index contributed by atoms with van der Waals surface area (Å²) in [6, 6.07) is 14.7. The van der Waals surface area contributed by atoms with Gasteiger partial charge in [0.2, 0.25) is 10.0 Å². The molecule has 3 heterocycles. The molecule has 0 N–H and O–H groups in total. The minimum Gasteiger partial charge on any atom is -0.296 e. The van der Waals surface area contributed by atoms with Gasteiger partial charge < -0.3 is 0 Å². The Labute approximate surface area is 143 Å². The van der Waals surface area contributed by atoms with Crippen LogP contribution in [0.1, 0.15) is 12.1 Å². The summed E-state index contributed by atoms with van der Waals surface area (Å²) in [5, 5.41) is 0. The maximum absolute atomic E-state index is 12.7. The van der Waals surface area contributed by atoms with Crippen molar-refractivity contribution >= 4 is 10.0 Å². The van der Waals surface area contributed by atoms with E-state index in [0.29, 0.717) is 18.0 Å². The van der Waals surface area contributed by atoms with Crippen LogP contribution in [0.15, 0.2) is 59.6 Å². The van der Waals surface area contributed by atoms with Crippen molar-refractivity contribution in [2.24, 2.45) is 5.41 Å². The largest absolute Gasteiger partial charge is 0.296 e. The average molecular weight is 343 g/mol. The Morgan fingerprint density at radius 2 is 1.75 bits per heavy atom. The maximum Gasteiger partial charge on any atom is 0.243 e. The zero-order chi connectivity index (χ0) is 16.6. The number of hydrogen-bond acceptors (Lipinski definition) is 4. The molecule has 1 spiro atoms. The van der Waals surface area contributed by atoms with Gasteiger partial charge in [0.1, 0.15) is 0 Å². The van der Waals surface area contributed by atoms with E-state index in [1.807, 2.05) is 30.5 Å². The van der Waals surface area contributed by atoms with E-state index < -0.39 is 10.0 Å². The van der Waals surface area contributed by atoms with E-state index in [4.69, 9.17) is 0 Å². The molecule has 1 aromatic heterocycles. The highest BCUT2D eigenvalue weighted by atomic mass is 32.2. The molecule has 2 aromatic rings. The highest BCUT2D eigenvalue weighted by molar-refractivity contribution is 7.89. The van der Waals surface area contributed by atoms with Gasteiger partial charge in [-0.3, -0.25) is 9.88 Å². The second-order valence-corrected chi connectivity index (χ2v) is 8.81. The van der Waals surface area contributed by atoms with Gasteiger partial charge in [-0.2, -0.15) is 4.31 Å². The van der Waals surface area contributed by atoms with Gasteiger partial charge in [0, 0.05) is 44.3 Å². The summed E-state index contributed by atoms with van der Waals surface area (Å²) in [6.07, 6.45) is 2.76. The van der Waals surface area contributed by atoms with E-state index in [1.165, 1.54) is 0 Å². The standard InChI is InChI=1S/C18H21N3O2S/c22-24(23,17-7-2-1-3-8-17)21-11-9-18(15-21)13-20(14-18)12-16-6-4-5-10-19-16/h1-8,10H,9,11-15H2. The zero-order valence-electron chi connectivity index (χ0n) is 13.5. The first-order valence-corrected chi connectivity index (χ1v) is 9.69. The third-order valence-corrected chi connectivity index (χ3v) is 6.87. The molecule has 0 aliphatic carbocycles. The van der Waals surface area contributed by atoms with Crippen LogP contribution >= 0.6 is 0 Å². The van der Waals surface area contributed by atoms with Gasteiger partial charge in [-0.25, -0.2) is 8.42 Å². The van der Waals surface area contributed by atoms with Gasteiger partial charge in [0.05, 0.1) is 10.6 Å². The smallest absolute Gasteiger partial charge is 0.243 e. The molecule has 2 aliphatic heterocycles. The molecule has 2 saturated heterocycles. The van der Waals surface area contributed by atoms with Crippen LogP contribution in [-0.2, 0) is 16.6 Å². The van der Waals surface area contributed by atoms with Crippen molar-refractivity contribution in [3.63, 3.8) is 0 Å². The number of aromatic nitrogens is 1. The second kappa shape index (κ2) is 5.95. The van der Waals surface area contributed by atoms with Crippen molar-refractivity contribution in [3.05, 3.63) is 60.4 Å². The molecule has 1 aromatic carbocycles. The van der Waals surface area contributed by atoms with Crippen LogP contribution in [0.3, 0.4) is 0 Å². The lowest BCUT2D eigenvalue weighted by molar-refractivity contribution is 0.00563. The fourth-order valence-electron chi connectivity index (χ4n) is 3.83. The Morgan fingerprint density at radius 1 is 1.00 bits per heavy atom. The molecule has 0 bridgehead atoms. The number of pyridine rings is 1. The lowest BCUT2D eigenvalue weighted by Crippen LogP contribution is -2.57. The Morgan fingerprint density at radius 3 is 2.46 bits per heavy atom. The van der Waals surface area contributed by atoms with Crippen LogP contribution in [0.25, 0.3) is 0 Å². The first-order valence-electron chi connectivity index (χ1n) is 8.25. The summed E-state index contributed by atoms with van der Waals surface area (Å²) < 4.78 is 27.1. The first-order chi connectivity index (χ1) is 11.6. The van der Waals surface area contributed by atoms with E-state index in [0.717, 1.165) is 31.7 Å². The van der Waals surface area contributed by atoms with Crippen molar-refractivity contribution in [2.45, 2.75) is 17.9 Å². The molecular formula is C18H21N3O2S. The van der Waals surface area contributed by atoms with Gasteiger partial charge >= 0.3 is 0 Å². The topological polar surface area (TPSA) is 53.5 Å². The first kappa shape index (κ1) is 15.7. The summed E-state index contributed by atoms with van der Waals surface area (Å²) in [6.45, 7) is 3.99. The molecule has 5 nitrogen and oxygen atoms in total. The highest BCUT2D eigenvalue weighted by Gasteiger charge is 2.50. The molecule has 6 heteroatoms. The lowest BCUT2D eigenvalue weighted by atomic mass is 9.79. The van der Waals surface area contributed by atoms with Crippen LogP contribution in [0.2, 0.25) is 0 Å². The summed E-state index contributed by atoms with van der Waals surface area (Å²) >= 11 is 0. The molecule has 24 heavy (non-hydrogen) atoms. The van der Waals surface area contributed by atoms with Crippen LogP contribution in [0.4, 0.5) is 0 Å². The molecule has 4 rings (SSSR count). The summed E-state index contributed by atoms with van der Waals surface area (Å²) in [7, 11) is -3.36. The van der Waals surface area contributed by atoms with Crippen molar-refractivity contribution < 1.29 is 8.42 Å². The number of nitrogens with zero attached hydrogens (tertiary/aromatic N) is 3. The van der Waals surface area contributed by atoms with Crippen LogP contribution in [-0.4, -0.2) is 48.8 Å². The quantitative estimate of drug-likeness (QED) is 0.852. The minimum absolute atomic E-state index is 0.122. The fourth-order valence-corrected chi connectivity index (χ4v) is 5.41. The van der Waals surface area contributed by atoms with E-state index in [9.17, 15) is 8.42 Å². The molecular weight excluding hydrogens is 322 g/mol. The van der Waals surface area contributed by atoms with E-state index in [1.54, 1.807) is 28.6 Å². The van der Waals surface area contributed by atoms with Crippen LogP contribution in [0.5, 0.6) is 0 Å². The summed E-state index contributed by atoms with van der Waals surface area (Å²) in [5.41, 5.74) is 1.19. The normalized spacial score (nSPS) is 21.0. The fraction of sp³-hybridized carbons (Fsp3) is 0.389. The Kier molecular flexibility index (Phi) is 3.90. The van der Waals surface area contributed by atoms with Gasteiger partial charge in [-0.1, -0.05) is 24.3 Å². The molecule has 2 fully saturated rings. The molecule has 126 valence electrons. The number of benzene rings is 1. The van der Waals surface area contributed by atoms with E-state index in [2.05, 4.69) is 9.88 Å². The van der Waals surface area contributed by atoms with Gasteiger partial charge in [0.15, 0.2) is 0 Å². The van der Waals surface area contributed by atoms with Crippen molar-refractivity contribution in [3.8, 4) is 0 Å². The van der Waals surface area contributed by atoms with E-state index >= 15 is 0 Å². The molecule has 0 amide bonds. The van der Waals surface area contributed by atoms with Crippen molar-refractivity contribution in [1.82, 2.24) is 14.2 Å². The minimum atomic E-state index is -3.36. The Balaban J connectivity index is 1.39. The molecule has 2 aliphatic rings. The number of rotatable bonds is 4. The third-order valence-electron chi connectivity index (χ3n) is 5.01. The number of sulfonamides is 1. The van der Waals surface area contributed by atoms with Gasteiger partial charge in [-0.15, -0.1) is 0 Å². The maximum atomic E-state index is 12.7. The molecule has 0 atom stereocenters. The van der Waals surface area contributed by atoms with E-state index in [-0.39, 0.29) is 5.41 Å². The summed E-state index contributed by atoms with van der Waals surface area (Å²) in [4.78, 5) is 7.10. The molecule has 0 saturated carbocycles. The predicted octanol–water partition coefficient (Wildman–Crippen LogP) is 1.98. The monoisotopic (exact) mass is 343 g/mol. The predicted molar refractivity (Wildman–Crippen MR) is 91.8 cm³/mol. The average Bonchev–Trinajstić information content (AvgIpc) is 3.03. The second-order valence-electron chi connectivity index (χ2n) is 6.87. The zero-order valence-corrected chi connectivity index (χ0v) is 14.3.